The van der Waals surface area contributed by atoms with E-state index in [-0.39, 0.29) is 23.6 Å². The van der Waals surface area contributed by atoms with Gasteiger partial charge in [-0.1, -0.05) is 0 Å². The van der Waals surface area contributed by atoms with Gasteiger partial charge in [0.15, 0.2) is 5.76 Å². The van der Waals surface area contributed by atoms with Gasteiger partial charge in [0.2, 0.25) is 0 Å². The monoisotopic (exact) mass is 385 g/mol. The van der Waals surface area contributed by atoms with Gasteiger partial charge in [0.1, 0.15) is 11.5 Å². The Kier molecular flexibility index (Phi) is 5.52. The van der Waals surface area contributed by atoms with E-state index in [1.165, 1.54) is 12.5 Å². The molecule has 2 amide bonds. The second-order valence-electron chi connectivity index (χ2n) is 6.86. The molecule has 0 aromatic carbocycles. The zero-order valence-electron chi connectivity index (χ0n) is 15.5. The van der Waals surface area contributed by atoms with Crippen LogP contribution in [-0.4, -0.2) is 72.1 Å². The molecule has 2 saturated heterocycles. The molecule has 9 nitrogen and oxygen atoms in total. The number of carbonyl (C=O) groups excluding carboxylic acids is 2. The smallest absolute Gasteiger partial charge is 0.289 e. The standard InChI is InChI=1S/C19H23N5O4/c25-18(22-11-14-3-1-9-27-14)15-12-21-17(13-20-15)23-5-7-24(8-6-23)19(26)16-4-2-10-28-16/h2,4,10,12-14H,1,3,5-9,11H2,(H,22,25). The van der Waals surface area contributed by atoms with E-state index in [1.54, 1.807) is 23.2 Å². The van der Waals surface area contributed by atoms with E-state index in [2.05, 4.69) is 15.3 Å². The van der Waals surface area contributed by atoms with Crippen LogP contribution in [0.1, 0.15) is 33.9 Å². The average molecular weight is 385 g/mol. The zero-order chi connectivity index (χ0) is 19.3. The number of ether oxygens (including phenoxy) is 1. The summed E-state index contributed by atoms with van der Waals surface area (Å²) in [5, 5.41) is 2.84. The number of hydrogen-bond donors (Lipinski definition) is 1. The third-order valence-electron chi connectivity index (χ3n) is 5.01. The van der Waals surface area contributed by atoms with Crippen molar-refractivity contribution in [2.24, 2.45) is 0 Å². The first-order valence-corrected chi connectivity index (χ1v) is 9.50. The number of furan rings is 1. The summed E-state index contributed by atoms with van der Waals surface area (Å²) >= 11 is 0. The van der Waals surface area contributed by atoms with Crippen molar-refractivity contribution < 1.29 is 18.7 Å². The van der Waals surface area contributed by atoms with Crippen molar-refractivity contribution in [2.75, 3.05) is 44.2 Å². The molecule has 148 valence electrons. The highest BCUT2D eigenvalue weighted by atomic mass is 16.5. The van der Waals surface area contributed by atoms with Crippen molar-refractivity contribution in [2.45, 2.75) is 18.9 Å². The van der Waals surface area contributed by atoms with Crippen molar-refractivity contribution >= 4 is 17.6 Å². The van der Waals surface area contributed by atoms with E-state index in [0.29, 0.717) is 44.3 Å². The molecule has 0 bridgehead atoms. The van der Waals surface area contributed by atoms with Gasteiger partial charge < -0.3 is 24.3 Å². The molecule has 0 aliphatic carbocycles. The normalized spacial score (nSPS) is 19.6. The van der Waals surface area contributed by atoms with Gasteiger partial charge in [0.25, 0.3) is 11.8 Å². The number of hydrogen-bond acceptors (Lipinski definition) is 7. The maximum atomic E-state index is 12.3. The van der Waals surface area contributed by atoms with Crippen molar-refractivity contribution in [1.82, 2.24) is 20.2 Å². The molecule has 2 aliphatic rings. The van der Waals surface area contributed by atoms with Crippen LogP contribution >= 0.6 is 0 Å². The van der Waals surface area contributed by atoms with Crippen LogP contribution in [0.5, 0.6) is 0 Å². The Hall–Kier alpha value is -2.94. The molecule has 28 heavy (non-hydrogen) atoms. The number of rotatable bonds is 5. The van der Waals surface area contributed by atoms with E-state index in [1.807, 2.05) is 4.90 Å². The van der Waals surface area contributed by atoms with Gasteiger partial charge in [0, 0.05) is 39.3 Å². The highest BCUT2D eigenvalue weighted by Gasteiger charge is 2.24. The van der Waals surface area contributed by atoms with Gasteiger partial charge in [-0.25, -0.2) is 9.97 Å². The fourth-order valence-corrected chi connectivity index (χ4v) is 3.40. The minimum absolute atomic E-state index is 0.0939. The third kappa shape index (κ3) is 4.14. The SMILES string of the molecule is O=C(NCC1CCCO1)c1cnc(N2CCN(C(=O)c3ccco3)CC2)cn1. The second kappa shape index (κ2) is 8.39. The minimum Gasteiger partial charge on any atom is -0.459 e. The van der Waals surface area contributed by atoms with Crippen LogP contribution in [-0.2, 0) is 4.74 Å². The Bertz CT molecular complexity index is 794. The predicted molar refractivity (Wildman–Crippen MR) is 100 cm³/mol. The molecule has 1 unspecified atom stereocenters. The molecule has 0 radical (unpaired) electrons. The molecule has 1 N–H and O–H groups in total. The third-order valence-corrected chi connectivity index (χ3v) is 5.01. The number of anilines is 1. The molecule has 4 heterocycles. The number of nitrogens with one attached hydrogen (secondary N) is 1. The molecule has 0 saturated carbocycles. The first-order valence-electron chi connectivity index (χ1n) is 9.50. The van der Waals surface area contributed by atoms with Gasteiger partial charge in [-0.15, -0.1) is 0 Å². The van der Waals surface area contributed by atoms with Gasteiger partial charge in [0.05, 0.1) is 24.8 Å². The molecule has 2 aromatic heterocycles. The first kappa shape index (κ1) is 18.4. The van der Waals surface area contributed by atoms with Crippen molar-refractivity contribution in [3.05, 3.63) is 42.2 Å². The van der Waals surface area contributed by atoms with Gasteiger partial charge in [-0.2, -0.15) is 0 Å². The number of nitrogens with zero attached hydrogens (tertiary/aromatic N) is 4. The molecule has 4 rings (SSSR count). The largest absolute Gasteiger partial charge is 0.459 e. The molecular weight excluding hydrogens is 362 g/mol. The van der Waals surface area contributed by atoms with Crippen LogP contribution in [0.25, 0.3) is 0 Å². The number of carbonyl (C=O) groups is 2. The second-order valence-corrected chi connectivity index (χ2v) is 6.86. The van der Waals surface area contributed by atoms with Crippen LogP contribution in [0.3, 0.4) is 0 Å². The topological polar surface area (TPSA) is 101 Å². The fourth-order valence-electron chi connectivity index (χ4n) is 3.40. The lowest BCUT2D eigenvalue weighted by molar-refractivity contribution is 0.0714. The zero-order valence-corrected chi connectivity index (χ0v) is 15.5. The lowest BCUT2D eigenvalue weighted by atomic mass is 10.2. The molecule has 9 heteroatoms. The van der Waals surface area contributed by atoms with Gasteiger partial charge in [-0.05, 0) is 25.0 Å². The minimum atomic E-state index is -0.247. The van der Waals surface area contributed by atoms with Crippen LogP contribution in [0.4, 0.5) is 5.82 Å². The van der Waals surface area contributed by atoms with Gasteiger partial charge >= 0.3 is 0 Å². The Morgan fingerprint density at radius 1 is 1.18 bits per heavy atom. The lowest BCUT2D eigenvalue weighted by Gasteiger charge is -2.34. The van der Waals surface area contributed by atoms with Crippen LogP contribution in [0.2, 0.25) is 0 Å². The molecule has 2 aromatic rings. The highest BCUT2D eigenvalue weighted by molar-refractivity contribution is 5.92. The highest BCUT2D eigenvalue weighted by Crippen LogP contribution is 2.15. The molecular formula is C19H23N5O4. The molecule has 2 fully saturated rings. The summed E-state index contributed by atoms with van der Waals surface area (Å²) in [6.07, 6.45) is 6.69. The summed E-state index contributed by atoms with van der Waals surface area (Å²) in [5.74, 6) is 0.699. The summed E-state index contributed by atoms with van der Waals surface area (Å²) in [4.78, 5) is 36.9. The first-order chi connectivity index (χ1) is 13.7. The number of piperazine rings is 1. The lowest BCUT2D eigenvalue weighted by Crippen LogP contribution is -2.49. The summed E-state index contributed by atoms with van der Waals surface area (Å²) in [7, 11) is 0. The van der Waals surface area contributed by atoms with Crippen molar-refractivity contribution in [3.8, 4) is 0 Å². The molecule has 0 spiro atoms. The van der Waals surface area contributed by atoms with Crippen LogP contribution in [0, 0.1) is 0 Å². The summed E-state index contributed by atoms with van der Waals surface area (Å²) in [5.41, 5.74) is 0.286. The number of amides is 2. The Morgan fingerprint density at radius 3 is 2.68 bits per heavy atom. The summed E-state index contributed by atoms with van der Waals surface area (Å²) in [6, 6.07) is 3.38. The van der Waals surface area contributed by atoms with E-state index in [4.69, 9.17) is 9.15 Å². The van der Waals surface area contributed by atoms with Crippen molar-refractivity contribution in [1.29, 1.82) is 0 Å². The fraction of sp³-hybridized carbons (Fsp3) is 0.474. The summed E-state index contributed by atoms with van der Waals surface area (Å²) in [6.45, 7) is 3.69. The van der Waals surface area contributed by atoms with Crippen LogP contribution in [0.15, 0.2) is 35.2 Å². The molecule has 2 aliphatic heterocycles. The Morgan fingerprint density at radius 2 is 2.04 bits per heavy atom. The maximum Gasteiger partial charge on any atom is 0.289 e. The molecule has 1 atom stereocenters. The number of aromatic nitrogens is 2. The summed E-state index contributed by atoms with van der Waals surface area (Å²) < 4.78 is 10.7. The van der Waals surface area contributed by atoms with E-state index in [0.717, 1.165) is 19.4 Å². The van der Waals surface area contributed by atoms with E-state index < -0.39 is 0 Å². The predicted octanol–water partition coefficient (Wildman–Crippen LogP) is 0.941. The Labute approximate surface area is 162 Å². The average Bonchev–Trinajstić information content (AvgIpc) is 3.46. The Balaban J connectivity index is 1.28. The van der Waals surface area contributed by atoms with Gasteiger partial charge in [-0.3, -0.25) is 9.59 Å². The van der Waals surface area contributed by atoms with Crippen molar-refractivity contribution in [3.63, 3.8) is 0 Å². The van der Waals surface area contributed by atoms with Crippen LogP contribution < -0.4 is 10.2 Å². The quantitative estimate of drug-likeness (QED) is 0.817. The van der Waals surface area contributed by atoms with E-state index in [9.17, 15) is 9.59 Å². The van der Waals surface area contributed by atoms with E-state index >= 15 is 0 Å². The maximum absolute atomic E-state index is 12.3.